The second kappa shape index (κ2) is 8.97. The Morgan fingerprint density at radius 3 is 2.34 bits per heavy atom. The minimum atomic E-state index is -3.95. The zero-order valence-electron chi connectivity index (χ0n) is 18.6. The van der Waals surface area contributed by atoms with Crippen LogP contribution in [0.25, 0.3) is 16.7 Å². The summed E-state index contributed by atoms with van der Waals surface area (Å²) < 4.78 is 90.8. The molecule has 0 amide bonds. The molecule has 0 spiro atoms. The van der Waals surface area contributed by atoms with E-state index in [4.69, 9.17) is 0 Å². The summed E-state index contributed by atoms with van der Waals surface area (Å²) in [6.07, 6.45) is -4.65. The van der Waals surface area contributed by atoms with Crippen molar-refractivity contribution in [3.05, 3.63) is 59.9 Å². The molecule has 1 aliphatic carbocycles. The number of anilines is 2. The van der Waals surface area contributed by atoms with Crippen molar-refractivity contribution in [2.75, 3.05) is 11.4 Å². The van der Waals surface area contributed by atoms with E-state index in [0.717, 1.165) is 11.0 Å². The van der Waals surface area contributed by atoms with Gasteiger partial charge in [0, 0.05) is 11.1 Å². The molecule has 186 valence electrons. The predicted molar refractivity (Wildman–Crippen MR) is 116 cm³/mol. The molecule has 0 unspecified atom stereocenters. The van der Waals surface area contributed by atoms with Crippen LogP contribution >= 0.6 is 0 Å². The molecule has 0 aliphatic heterocycles. The second-order valence-corrected chi connectivity index (χ2v) is 8.64. The minimum absolute atomic E-state index is 0.0512. The molecule has 2 aromatic carbocycles. The van der Waals surface area contributed by atoms with Gasteiger partial charge in [0.15, 0.2) is 0 Å². The van der Waals surface area contributed by atoms with Gasteiger partial charge in [-0.2, -0.15) is 18.2 Å². The maximum Gasteiger partial charge on any atom is 0.394 e. The van der Waals surface area contributed by atoms with Crippen molar-refractivity contribution < 1.29 is 30.7 Å². The highest BCUT2D eigenvalue weighted by Crippen LogP contribution is 2.56. The van der Waals surface area contributed by atoms with Gasteiger partial charge in [0.1, 0.15) is 23.8 Å². The lowest BCUT2D eigenvalue weighted by Gasteiger charge is -2.25. The fourth-order valence-corrected chi connectivity index (χ4v) is 3.53. The quantitative estimate of drug-likeness (QED) is 0.296. The summed E-state index contributed by atoms with van der Waals surface area (Å²) >= 11 is 0. The lowest BCUT2D eigenvalue weighted by Crippen LogP contribution is -2.25. The van der Waals surface area contributed by atoms with Gasteiger partial charge in [-0.25, -0.2) is 17.6 Å². The van der Waals surface area contributed by atoms with Crippen molar-refractivity contribution in [1.29, 1.82) is 0 Å². The second-order valence-electron chi connectivity index (χ2n) is 8.64. The Kier molecular flexibility index (Phi) is 6.32. The largest absolute Gasteiger partial charge is 0.394 e. The summed E-state index contributed by atoms with van der Waals surface area (Å²) in [4.78, 5) is 5.45. The molecule has 1 aliphatic rings. The molecule has 1 fully saturated rings. The van der Waals surface area contributed by atoms with Crippen molar-refractivity contribution in [3.8, 4) is 0 Å². The van der Waals surface area contributed by atoms with Gasteiger partial charge in [0.05, 0.1) is 17.5 Å². The van der Waals surface area contributed by atoms with Crippen LogP contribution in [0.15, 0.2) is 42.7 Å². The first-order chi connectivity index (χ1) is 16.4. The summed E-state index contributed by atoms with van der Waals surface area (Å²) in [6, 6.07) is 7.92. The normalized spacial score (nSPS) is 14.8. The molecule has 2 aromatic heterocycles. The standard InChI is InChI=1S/C18H13F4N5.C5H7F3/c1-10-4-12(20)6-13(5-10)26(8-16(21)22)17-14-7-11(19)2-3-15(14)27-9-23-25-18(27)24-17;1-4(2-3-4)5(6,7)8/h2-7,9,16H,8H2,1H3;2-3H2,1H3. The third-order valence-electron chi connectivity index (χ3n) is 5.79. The number of hydrogen-bond acceptors (Lipinski definition) is 4. The number of fused-ring (bicyclic) bond motifs is 3. The average molecular weight is 499 g/mol. The first kappa shape index (κ1) is 24.7. The van der Waals surface area contributed by atoms with Gasteiger partial charge in [-0.15, -0.1) is 10.2 Å². The number of aryl methyl sites for hydroxylation is 1. The van der Waals surface area contributed by atoms with Crippen LogP contribution in [0.2, 0.25) is 0 Å². The Morgan fingerprint density at radius 2 is 1.77 bits per heavy atom. The van der Waals surface area contributed by atoms with Crippen molar-refractivity contribution in [3.63, 3.8) is 0 Å². The van der Waals surface area contributed by atoms with E-state index >= 15 is 0 Å². The van der Waals surface area contributed by atoms with Crippen molar-refractivity contribution in [1.82, 2.24) is 19.6 Å². The zero-order chi connectivity index (χ0) is 25.5. The van der Waals surface area contributed by atoms with Crippen LogP contribution in [0.1, 0.15) is 25.3 Å². The Balaban J connectivity index is 0.000000308. The number of hydrogen-bond donors (Lipinski definition) is 0. The molecule has 0 saturated heterocycles. The molecule has 5 rings (SSSR count). The van der Waals surface area contributed by atoms with E-state index < -0.39 is 36.2 Å². The molecular formula is C23H20F7N5. The third kappa shape index (κ3) is 5.15. The average Bonchev–Trinajstić information content (AvgIpc) is 3.35. The summed E-state index contributed by atoms with van der Waals surface area (Å²) in [7, 11) is 0. The minimum Gasteiger partial charge on any atom is -0.320 e. The molecule has 0 atom stereocenters. The van der Waals surface area contributed by atoms with Gasteiger partial charge in [0.25, 0.3) is 12.2 Å². The fourth-order valence-electron chi connectivity index (χ4n) is 3.53. The molecular weight excluding hydrogens is 479 g/mol. The smallest absolute Gasteiger partial charge is 0.320 e. The molecule has 4 aromatic rings. The fraction of sp³-hybridized carbons (Fsp3) is 0.348. The molecule has 5 nitrogen and oxygen atoms in total. The van der Waals surface area contributed by atoms with Gasteiger partial charge in [0.2, 0.25) is 0 Å². The Bertz CT molecular complexity index is 1340. The summed E-state index contributed by atoms with van der Waals surface area (Å²) in [5.74, 6) is -0.902. The molecule has 0 N–H and O–H groups in total. The number of aromatic nitrogens is 4. The highest BCUT2D eigenvalue weighted by atomic mass is 19.4. The van der Waals surface area contributed by atoms with E-state index in [-0.39, 0.29) is 22.7 Å². The lowest BCUT2D eigenvalue weighted by molar-refractivity contribution is -0.181. The van der Waals surface area contributed by atoms with Gasteiger partial charge < -0.3 is 4.90 Å². The van der Waals surface area contributed by atoms with E-state index in [0.29, 0.717) is 23.9 Å². The number of benzene rings is 2. The van der Waals surface area contributed by atoms with Crippen LogP contribution in [-0.4, -0.2) is 38.7 Å². The molecule has 0 bridgehead atoms. The van der Waals surface area contributed by atoms with Crippen molar-refractivity contribution >= 4 is 28.2 Å². The molecule has 35 heavy (non-hydrogen) atoms. The predicted octanol–water partition coefficient (Wildman–Crippen LogP) is 6.62. The monoisotopic (exact) mass is 499 g/mol. The Hall–Kier alpha value is -3.44. The van der Waals surface area contributed by atoms with E-state index in [2.05, 4.69) is 15.2 Å². The summed E-state index contributed by atoms with van der Waals surface area (Å²) in [5, 5.41) is 7.91. The summed E-state index contributed by atoms with van der Waals surface area (Å²) in [6.45, 7) is 2.17. The van der Waals surface area contributed by atoms with Crippen LogP contribution in [0.3, 0.4) is 0 Å². The van der Waals surface area contributed by atoms with Crippen LogP contribution < -0.4 is 4.90 Å². The number of nitrogens with zero attached hydrogens (tertiary/aromatic N) is 5. The van der Waals surface area contributed by atoms with Crippen LogP contribution in [0.5, 0.6) is 0 Å². The van der Waals surface area contributed by atoms with Gasteiger partial charge in [-0.3, -0.25) is 4.40 Å². The van der Waals surface area contributed by atoms with Crippen molar-refractivity contribution in [2.24, 2.45) is 5.41 Å². The first-order valence-electron chi connectivity index (χ1n) is 10.6. The number of halogens is 7. The van der Waals surface area contributed by atoms with E-state index in [1.54, 1.807) is 13.0 Å². The van der Waals surface area contributed by atoms with Gasteiger partial charge in [-0.05, 0) is 61.7 Å². The maximum atomic E-state index is 13.9. The highest BCUT2D eigenvalue weighted by molar-refractivity contribution is 5.93. The number of alkyl halides is 5. The van der Waals surface area contributed by atoms with Crippen molar-refractivity contribution in [2.45, 2.75) is 39.3 Å². The third-order valence-corrected chi connectivity index (χ3v) is 5.79. The van der Waals surface area contributed by atoms with Gasteiger partial charge >= 0.3 is 6.18 Å². The molecule has 12 heteroatoms. The summed E-state index contributed by atoms with van der Waals surface area (Å²) in [5.41, 5.74) is -0.0701. The zero-order valence-corrected chi connectivity index (χ0v) is 18.6. The van der Waals surface area contributed by atoms with E-state index in [9.17, 15) is 30.7 Å². The molecule has 0 radical (unpaired) electrons. The van der Waals surface area contributed by atoms with Gasteiger partial charge in [-0.1, -0.05) is 6.92 Å². The van der Waals surface area contributed by atoms with E-state index in [1.807, 2.05) is 0 Å². The topological polar surface area (TPSA) is 46.3 Å². The highest BCUT2D eigenvalue weighted by Gasteiger charge is 2.59. The first-order valence-corrected chi connectivity index (χ1v) is 10.6. The maximum absolute atomic E-state index is 13.9. The van der Waals surface area contributed by atoms with Crippen LogP contribution in [0.4, 0.5) is 42.2 Å². The Labute approximate surface area is 195 Å². The van der Waals surface area contributed by atoms with Crippen LogP contribution in [0, 0.1) is 24.0 Å². The van der Waals surface area contributed by atoms with E-state index in [1.165, 1.54) is 41.9 Å². The molecule has 2 heterocycles. The lowest BCUT2D eigenvalue weighted by atomic mass is 10.1. The molecule has 1 saturated carbocycles. The van der Waals surface area contributed by atoms with Crippen LogP contribution in [-0.2, 0) is 0 Å². The number of rotatable bonds is 4. The Morgan fingerprint density at radius 1 is 1.06 bits per heavy atom. The SMILES string of the molecule is CC1(C(F)(F)F)CC1.Cc1cc(F)cc(N(CC(F)F)c2nc3nncn3c3ccc(F)cc23)c1.